The zero-order chi connectivity index (χ0) is 12.4. The van der Waals surface area contributed by atoms with E-state index in [1.54, 1.807) is 0 Å². The lowest BCUT2D eigenvalue weighted by Gasteiger charge is -2.08. The fraction of sp³-hybridized carbons (Fsp3) is 0. The van der Waals surface area contributed by atoms with Gasteiger partial charge in [-0.15, -0.1) is 0 Å². The molecule has 0 fully saturated rings. The van der Waals surface area contributed by atoms with E-state index in [2.05, 4.69) is 15.3 Å². The number of hydrogen-bond acceptors (Lipinski definition) is 3. The van der Waals surface area contributed by atoms with Crippen molar-refractivity contribution >= 4 is 34.1 Å². The molecule has 0 aliphatic heterocycles. The molecule has 0 bridgehead atoms. The smallest absolute Gasteiger partial charge is 0.152 e. The Kier molecular flexibility index (Phi) is 3.46. The number of nitrogens with one attached hydrogen (secondary N) is 1. The topological polar surface area (TPSA) is 37.8 Å². The molecule has 3 nitrogen and oxygen atoms in total. The molecule has 0 atom stereocenters. The average Bonchev–Trinajstić information content (AvgIpc) is 2.25. The molecule has 0 unspecified atom stereocenters. The van der Waals surface area contributed by atoms with Gasteiger partial charge in [0.15, 0.2) is 11.6 Å². The van der Waals surface area contributed by atoms with E-state index in [1.165, 1.54) is 12.5 Å². The largest absolute Gasteiger partial charge is 0.334 e. The van der Waals surface area contributed by atoms with Crippen LogP contribution in [0.4, 0.5) is 24.7 Å². The maximum absolute atomic E-state index is 13.3. The third kappa shape index (κ3) is 2.65. The minimum atomic E-state index is -1.02. The van der Waals surface area contributed by atoms with Gasteiger partial charge in [0.1, 0.15) is 23.6 Å². The maximum atomic E-state index is 13.3. The summed E-state index contributed by atoms with van der Waals surface area (Å²) in [6, 6.07) is 1.19. The zero-order valence-corrected chi connectivity index (χ0v) is 10.4. The van der Waals surface area contributed by atoms with Crippen LogP contribution in [0.2, 0.25) is 0 Å². The van der Waals surface area contributed by atoms with E-state index in [-0.39, 0.29) is 5.82 Å². The first-order valence-electron chi connectivity index (χ1n) is 4.45. The molecule has 1 N–H and O–H groups in total. The van der Waals surface area contributed by atoms with Gasteiger partial charge in [-0.25, -0.2) is 23.1 Å². The molecular weight excluding hydrogens is 346 g/mol. The van der Waals surface area contributed by atoms with Gasteiger partial charge in [0, 0.05) is 18.3 Å². The zero-order valence-electron chi connectivity index (χ0n) is 8.22. The fourth-order valence-corrected chi connectivity index (χ4v) is 1.62. The molecule has 0 aliphatic rings. The third-order valence-corrected chi connectivity index (χ3v) is 2.71. The Morgan fingerprint density at radius 1 is 1.12 bits per heavy atom. The maximum Gasteiger partial charge on any atom is 0.152 e. The van der Waals surface area contributed by atoms with Gasteiger partial charge in [-0.1, -0.05) is 0 Å². The Bertz CT molecular complexity index is 539. The van der Waals surface area contributed by atoms with E-state index in [9.17, 15) is 13.2 Å². The second-order valence-electron chi connectivity index (χ2n) is 3.09. The standard InChI is InChI=1S/C10H5F3IN3/c11-5-1-6(12)9(7(13)2-5)17-10-8(14)3-15-4-16-10/h1-4H,(H,15,16,17). The Morgan fingerprint density at radius 3 is 2.35 bits per heavy atom. The van der Waals surface area contributed by atoms with Crippen LogP contribution < -0.4 is 5.32 Å². The van der Waals surface area contributed by atoms with Crippen LogP contribution in [0.3, 0.4) is 0 Å². The molecule has 0 aliphatic carbocycles. The molecule has 1 aromatic heterocycles. The number of hydrogen-bond donors (Lipinski definition) is 1. The summed E-state index contributed by atoms with van der Waals surface area (Å²) in [5.74, 6) is -2.75. The van der Waals surface area contributed by atoms with Crippen LogP contribution in [0.5, 0.6) is 0 Å². The summed E-state index contributed by atoms with van der Waals surface area (Å²) in [5, 5.41) is 2.46. The molecule has 0 amide bonds. The lowest BCUT2D eigenvalue weighted by molar-refractivity contribution is 0.548. The summed E-state index contributed by atoms with van der Waals surface area (Å²) < 4.78 is 40.0. The highest BCUT2D eigenvalue weighted by Crippen LogP contribution is 2.25. The van der Waals surface area contributed by atoms with Crippen molar-refractivity contribution in [3.05, 3.63) is 45.7 Å². The number of rotatable bonds is 2. The van der Waals surface area contributed by atoms with E-state index in [4.69, 9.17) is 0 Å². The predicted molar refractivity (Wildman–Crippen MR) is 64.3 cm³/mol. The van der Waals surface area contributed by atoms with Crippen molar-refractivity contribution in [2.24, 2.45) is 0 Å². The SMILES string of the molecule is Fc1cc(F)c(Nc2ncncc2I)c(F)c1. The average molecular weight is 351 g/mol. The molecule has 88 valence electrons. The molecule has 1 aromatic carbocycles. The molecule has 1 heterocycles. The monoisotopic (exact) mass is 351 g/mol. The van der Waals surface area contributed by atoms with Gasteiger partial charge < -0.3 is 5.32 Å². The van der Waals surface area contributed by atoms with Crippen molar-refractivity contribution < 1.29 is 13.2 Å². The van der Waals surface area contributed by atoms with Crippen molar-refractivity contribution in [1.29, 1.82) is 0 Å². The first-order valence-corrected chi connectivity index (χ1v) is 5.53. The highest BCUT2D eigenvalue weighted by atomic mass is 127. The molecular formula is C10H5F3IN3. The van der Waals surface area contributed by atoms with Crippen molar-refractivity contribution in [3.8, 4) is 0 Å². The van der Waals surface area contributed by atoms with Crippen LogP contribution in [0.25, 0.3) is 0 Å². The van der Waals surface area contributed by atoms with Gasteiger partial charge in [-0.3, -0.25) is 0 Å². The minimum Gasteiger partial charge on any atom is -0.334 e. The van der Waals surface area contributed by atoms with E-state index in [0.29, 0.717) is 15.7 Å². The quantitative estimate of drug-likeness (QED) is 0.845. The van der Waals surface area contributed by atoms with E-state index < -0.39 is 23.1 Å². The van der Waals surface area contributed by atoms with Crippen LogP contribution in [0.15, 0.2) is 24.7 Å². The summed E-state index contributed by atoms with van der Waals surface area (Å²) in [6.07, 6.45) is 2.72. The van der Waals surface area contributed by atoms with Crippen LogP contribution >= 0.6 is 22.6 Å². The number of aromatic nitrogens is 2. The molecule has 2 rings (SSSR count). The second kappa shape index (κ2) is 4.86. The van der Waals surface area contributed by atoms with Gasteiger partial charge in [-0.2, -0.15) is 0 Å². The van der Waals surface area contributed by atoms with E-state index in [1.807, 2.05) is 22.6 Å². The number of anilines is 2. The molecule has 2 aromatic rings. The summed E-state index contributed by atoms with van der Waals surface area (Å²) in [4.78, 5) is 7.56. The van der Waals surface area contributed by atoms with Crippen LogP contribution in [-0.4, -0.2) is 9.97 Å². The van der Waals surface area contributed by atoms with Gasteiger partial charge in [0.05, 0.1) is 3.57 Å². The van der Waals surface area contributed by atoms with Gasteiger partial charge in [-0.05, 0) is 22.6 Å². The van der Waals surface area contributed by atoms with Crippen molar-refractivity contribution in [1.82, 2.24) is 9.97 Å². The van der Waals surface area contributed by atoms with Crippen LogP contribution in [0.1, 0.15) is 0 Å². The second-order valence-corrected chi connectivity index (χ2v) is 4.25. The minimum absolute atomic E-state index is 0.255. The van der Waals surface area contributed by atoms with E-state index >= 15 is 0 Å². The Balaban J connectivity index is 2.40. The number of nitrogens with zero attached hydrogens (tertiary/aromatic N) is 2. The van der Waals surface area contributed by atoms with Crippen molar-refractivity contribution in [2.75, 3.05) is 5.32 Å². The fourth-order valence-electron chi connectivity index (χ4n) is 1.18. The molecule has 0 saturated carbocycles. The Hall–Kier alpha value is -1.38. The molecule has 0 spiro atoms. The summed E-state index contributed by atoms with van der Waals surface area (Å²) in [6.45, 7) is 0. The Labute approximate surface area is 108 Å². The summed E-state index contributed by atoms with van der Waals surface area (Å²) in [5.41, 5.74) is -0.442. The van der Waals surface area contributed by atoms with Gasteiger partial charge >= 0.3 is 0 Å². The number of halogens is 4. The molecule has 17 heavy (non-hydrogen) atoms. The highest BCUT2D eigenvalue weighted by Gasteiger charge is 2.13. The summed E-state index contributed by atoms with van der Waals surface area (Å²) >= 11 is 1.91. The molecule has 7 heteroatoms. The lowest BCUT2D eigenvalue weighted by atomic mass is 10.2. The predicted octanol–water partition coefficient (Wildman–Crippen LogP) is 3.24. The van der Waals surface area contributed by atoms with Crippen molar-refractivity contribution in [3.63, 3.8) is 0 Å². The van der Waals surface area contributed by atoms with Crippen molar-refractivity contribution in [2.45, 2.75) is 0 Å². The van der Waals surface area contributed by atoms with E-state index in [0.717, 1.165) is 0 Å². The van der Waals surface area contributed by atoms with Crippen LogP contribution in [-0.2, 0) is 0 Å². The van der Waals surface area contributed by atoms with Crippen LogP contribution in [0, 0.1) is 21.0 Å². The summed E-state index contributed by atoms with van der Waals surface area (Å²) in [7, 11) is 0. The molecule has 0 saturated heterocycles. The highest BCUT2D eigenvalue weighted by molar-refractivity contribution is 14.1. The van der Waals surface area contributed by atoms with Gasteiger partial charge in [0.2, 0.25) is 0 Å². The van der Waals surface area contributed by atoms with Gasteiger partial charge in [0.25, 0.3) is 0 Å². The Morgan fingerprint density at radius 2 is 1.76 bits per heavy atom. The lowest BCUT2D eigenvalue weighted by Crippen LogP contribution is -2.02. The third-order valence-electron chi connectivity index (χ3n) is 1.92. The molecule has 0 radical (unpaired) electrons. The number of benzene rings is 1. The normalized spacial score (nSPS) is 10.4. The first kappa shape index (κ1) is 12.1. The first-order chi connectivity index (χ1) is 8.08.